The number of carbonyl (C=O) groups excluding carboxylic acids is 3. The Balaban J connectivity index is 1.33. The van der Waals surface area contributed by atoms with Gasteiger partial charge in [-0.3, -0.25) is 19.3 Å². The molecule has 32 heavy (non-hydrogen) atoms. The maximum absolute atomic E-state index is 13.5. The van der Waals surface area contributed by atoms with Crippen LogP contribution in [-0.4, -0.2) is 54.0 Å². The van der Waals surface area contributed by atoms with E-state index in [1.54, 1.807) is 0 Å². The van der Waals surface area contributed by atoms with Gasteiger partial charge in [0.15, 0.2) is 0 Å². The van der Waals surface area contributed by atoms with Gasteiger partial charge in [0.25, 0.3) is 5.91 Å². The van der Waals surface area contributed by atoms with Crippen molar-refractivity contribution in [3.63, 3.8) is 0 Å². The maximum Gasteiger partial charge on any atom is 0.251 e. The van der Waals surface area contributed by atoms with E-state index in [1.807, 2.05) is 35.2 Å². The second-order valence-electron chi connectivity index (χ2n) is 8.38. The zero-order valence-electron chi connectivity index (χ0n) is 17.3. The number of rotatable bonds is 3. The molecule has 9 heteroatoms. The molecule has 166 valence electrons. The fourth-order valence-electron chi connectivity index (χ4n) is 5.03. The fourth-order valence-corrected chi connectivity index (χ4v) is 5.21. The monoisotopic (exact) mass is 456 g/mol. The van der Waals surface area contributed by atoms with E-state index >= 15 is 0 Å². The molecule has 0 bridgehead atoms. The van der Waals surface area contributed by atoms with Crippen LogP contribution in [0.15, 0.2) is 48.5 Å². The predicted molar refractivity (Wildman–Crippen MR) is 118 cm³/mol. The van der Waals surface area contributed by atoms with Crippen molar-refractivity contribution in [2.45, 2.75) is 30.8 Å². The summed E-state index contributed by atoms with van der Waals surface area (Å²) >= 11 is 5.84. The lowest BCUT2D eigenvalue weighted by Crippen LogP contribution is -2.58. The first-order chi connectivity index (χ1) is 15.4. The number of hydrogen-bond acceptors (Lipinski definition) is 5. The number of nitrogens with one attached hydrogen (secondary N) is 1. The van der Waals surface area contributed by atoms with Crippen molar-refractivity contribution in [3.05, 3.63) is 59.4 Å². The van der Waals surface area contributed by atoms with E-state index in [4.69, 9.17) is 11.6 Å². The van der Waals surface area contributed by atoms with Gasteiger partial charge in [-0.1, -0.05) is 29.8 Å². The molecule has 3 aliphatic rings. The van der Waals surface area contributed by atoms with E-state index in [1.165, 1.54) is 12.1 Å². The number of halogens is 2. The Hall–Kier alpha value is -2.97. The van der Waals surface area contributed by atoms with Gasteiger partial charge in [-0.05, 0) is 43.2 Å². The van der Waals surface area contributed by atoms with Crippen LogP contribution in [0, 0.1) is 5.82 Å². The van der Waals surface area contributed by atoms with Crippen molar-refractivity contribution in [2.75, 3.05) is 29.6 Å². The van der Waals surface area contributed by atoms with Crippen LogP contribution < -0.4 is 15.1 Å². The van der Waals surface area contributed by atoms with E-state index in [9.17, 15) is 18.8 Å². The Labute approximate surface area is 189 Å². The predicted octanol–water partition coefficient (Wildman–Crippen LogP) is 2.54. The van der Waals surface area contributed by atoms with Crippen LogP contribution in [0.5, 0.6) is 0 Å². The van der Waals surface area contributed by atoms with Crippen LogP contribution in [0.25, 0.3) is 0 Å². The SMILES string of the molecule is O=C1C[C@H](N2CCC3(CC2)C(=O)NCN3c2ccccc2)C(=O)N1c1ccc(F)c(Cl)c1. The van der Waals surface area contributed by atoms with Crippen LogP contribution >= 0.6 is 11.6 Å². The number of amides is 3. The normalized spacial score (nSPS) is 23.3. The summed E-state index contributed by atoms with van der Waals surface area (Å²) in [6, 6.07) is 13.0. The highest BCUT2D eigenvalue weighted by atomic mass is 35.5. The molecular formula is C23H22ClFN4O3. The zero-order valence-corrected chi connectivity index (χ0v) is 18.0. The minimum atomic E-state index is -0.659. The average Bonchev–Trinajstić information content (AvgIpc) is 3.27. The Kier molecular flexibility index (Phi) is 5.14. The molecule has 2 aromatic rings. The molecule has 2 aromatic carbocycles. The highest BCUT2D eigenvalue weighted by Gasteiger charge is 2.52. The van der Waals surface area contributed by atoms with Crippen LogP contribution in [0.2, 0.25) is 5.02 Å². The van der Waals surface area contributed by atoms with E-state index in [0.29, 0.717) is 32.6 Å². The second-order valence-corrected chi connectivity index (χ2v) is 8.79. The molecule has 0 saturated carbocycles. The third-order valence-electron chi connectivity index (χ3n) is 6.76. The van der Waals surface area contributed by atoms with Crippen LogP contribution in [0.4, 0.5) is 15.8 Å². The summed E-state index contributed by atoms with van der Waals surface area (Å²) in [5.74, 6) is -1.29. The fraction of sp³-hybridized carbons (Fsp3) is 0.348. The van der Waals surface area contributed by atoms with Crippen molar-refractivity contribution < 1.29 is 18.8 Å². The molecule has 3 saturated heterocycles. The lowest BCUT2D eigenvalue weighted by atomic mass is 9.85. The number of carbonyl (C=O) groups is 3. The van der Waals surface area contributed by atoms with Gasteiger partial charge in [0.2, 0.25) is 11.8 Å². The average molecular weight is 457 g/mol. The molecule has 5 rings (SSSR count). The molecular weight excluding hydrogens is 435 g/mol. The lowest BCUT2D eigenvalue weighted by molar-refractivity contribution is -0.126. The first kappa shape index (κ1) is 20.9. The van der Waals surface area contributed by atoms with Crippen molar-refractivity contribution in [1.29, 1.82) is 0 Å². The molecule has 3 aliphatic heterocycles. The van der Waals surface area contributed by atoms with Gasteiger partial charge >= 0.3 is 0 Å². The summed E-state index contributed by atoms with van der Waals surface area (Å²) in [5, 5.41) is 2.82. The van der Waals surface area contributed by atoms with E-state index in [2.05, 4.69) is 10.2 Å². The smallest absolute Gasteiger partial charge is 0.251 e. The number of nitrogens with zero attached hydrogens (tertiary/aromatic N) is 3. The van der Waals surface area contributed by atoms with Crippen LogP contribution in [-0.2, 0) is 14.4 Å². The molecule has 0 aromatic heterocycles. The molecule has 0 aliphatic carbocycles. The molecule has 3 fully saturated rings. The number of piperidine rings is 1. The van der Waals surface area contributed by atoms with Gasteiger partial charge in [0, 0.05) is 18.8 Å². The highest BCUT2D eigenvalue weighted by molar-refractivity contribution is 6.31. The maximum atomic E-state index is 13.5. The summed E-state index contributed by atoms with van der Waals surface area (Å²) in [6.45, 7) is 1.47. The van der Waals surface area contributed by atoms with E-state index < -0.39 is 17.4 Å². The van der Waals surface area contributed by atoms with Gasteiger partial charge in [-0.25, -0.2) is 9.29 Å². The largest absolute Gasteiger partial charge is 0.339 e. The Morgan fingerprint density at radius 1 is 1.00 bits per heavy atom. The summed E-state index contributed by atoms with van der Waals surface area (Å²) < 4.78 is 13.5. The first-order valence-corrected chi connectivity index (χ1v) is 11.0. The van der Waals surface area contributed by atoms with E-state index in [-0.39, 0.29) is 34.9 Å². The first-order valence-electron chi connectivity index (χ1n) is 10.6. The topological polar surface area (TPSA) is 73.0 Å². The molecule has 3 heterocycles. The summed E-state index contributed by atoms with van der Waals surface area (Å²) in [5.41, 5.74) is 0.590. The van der Waals surface area contributed by atoms with E-state index in [0.717, 1.165) is 16.7 Å². The molecule has 1 atom stereocenters. The van der Waals surface area contributed by atoms with Gasteiger partial charge in [0.05, 0.1) is 29.8 Å². The zero-order chi connectivity index (χ0) is 22.5. The minimum absolute atomic E-state index is 0.00240. The van der Waals surface area contributed by atoms with Crippen molar-refractivity contribution in [2.24, 2.45) is 0 Å². The number of benzene rings is 2. The second kappa shape index (κ2) is 7.86. The van der Waals surface area contributed by atoms with Crippen molar-refractivity contribution in [3.8, 4) is 0 Å². The standard InChI is InChI=1S/C23H22ClFN4O3/c24-17-12-16(6-7-18(17)25)29-20(30)13-19(21(29)31)27-10-8-23(9-11-27)22(32)26-14-28(23)15-4-2-1-3-5-15/h1-7,12,19H,8-11,13-14H2,(H,26,32)/t19-/m0/s1. The van der Waals surface area contributed by atoms with Gasteiger partial charge < -0.3 is 10.2 Å². The number of hydrogen-bond donors (Lipinski definition) is 1. The molecule has 1 spiro atoms. The highest BCUT2D eigenvalue weighted by Crippen LogP contribution is 2.38. The third kappa shape index (κ3) is 3.25. The molecule has 3 amide bonds. The summed E-state index contributed by atoms with van der Waals surface area (Å²) in [4.78, 5) is 43.7. The number of likely N-dealkylation sites (tertiary alicyclic amines) is 1. The molecule has 0 unspecified atom stereocenters. The Morgan fingerprint density at radius 3 is 2.41 bits per heavy atom. The lowest BCUT2D eigenvalue weighted by Gasteiger charge is -2.44. The number of imide groups is 1. The van der Waals surface area contributed by atoms with Crippen LogP contribution in [0.3, 0.4) is 0 Å². The molecule has 7 nitrogen and oxygen atoms in total. The molecule has 0 radical (unpaired) electrons. The van der Waals surface area contributed by atoms with Crippen molar-refractivity contribution in [1.82, 2.24) is 10.2 Å². The number of para-hydroxylation sites is 1. The van der Waals surface area contributed by atoms with Gasteiger partial charge in [-0.15, -0.1) is 0 Å². The van der Waals surface area contributed by atoms with Gasteiger partial charge in [-0.2, -0.15) is 0 Å². The summed E-state index contributed by atoms with van der Waals surface area (Å²) in [6.07, 6.45) is 1.15. The minimum Gasteiger partial charge on any atom is -0.339 e. The molecule has 1 N–H and O–H groups in total. The third-order valence-corrected chi connectivity index (χ3v) is 7.04. The summed E-state index contributed by atoms with van der Waals surface area (Å²) in [7, 11) is 0. The van der Waals surface area contributed by atoms with Crippen molar-refractivity contribution >= 4 is 40.7 Å². The Morgan fingerprint density at radius 2 is 1.72 bits per heavy atom. The Bertz CT molecular complexity index is 1090. The number of anilines is 2. The van der Waals surface area contributed by atoms with Gasteiger partial charge in [0.1, 0.15) is 11.4 Å². The van der Waals surface area contributed by atoms with Crippen LogP contribution in [0.1, 0.15) is 19.3 Å². The quantitative estimate of drug-likeness (QED) is 0.719.